The van der Waals surface area contributed by atoms with Crippen LogP contribution in [0.5, 0.6) is 0 Å². The highest BCUT2D eigenvalue weighted by Crippen LogP contribution is 2.21. The first-order valence-corrected chi connectivity index (χ1v) is 8.05. The van der Waals surface area contributed by atoms with Gasteiger partial charge in [0.2, 0.25) is 0 Å². The van der Waals surface area contributed by atoms with Crippen molar-refractivity contribution in [2.24, 2.45) is 11.8 Å². The number of methoxy groups -OCH3 is 1. The van der Waals surface area contributed by atoms with Crippen LogP contribution in [0.1, 0.15) is 36.2 Å². The van der Waals surface area contributed by atoms with Crippen LogP contribution in [-0.2, 0) is 16.1 Å². The van der Waals surface area contributed by atoms with Crippen LogP contribution in [-0.4, -0.2) is 44.2 Å². The smallest absolute Gasteiger partial charge is 0.253 e. The third-order valence-electron chi connectivity index (χ3n) is 3.90. The van der Waals surface area contributed by atoms with Gasteiger partial charge in [-0.15, -0.1) is 0 Å². The molecule has 1 saturated heterocycles. The molecule has 0 atom stereocenters. The Balaban J connectivity index is 1.77. The van der Waals surface area contributed by atoms with Crippen molar-refractivity contribution >= 4 is 5.91 Å². The van der Waals surface area contributed by atoms with Crippen molar-refractivity contribution in [3.8, 4) is 0 Å². The summed E-state index contributed by atoms with van der Waals surface area (Å²) in [5.74, 6) is 1.26. The molecule has 0 unspecified atom stereocenters. The minimum Gasteiger partial charge on any atom is -0.385 e. The van der Waals surface area contributed by atoms with Gasteiger partial charge in [-0.25, -0.2) is 0 Å². The first-order valence-electron chi connectivity index (χ1n) is 8.05. The van der Waals surface area contributed by atoms with Crippen LogP contribution >= 0.6 is 0 Å². The summed E-state index contributed by atoms with van der Waals surface area (Å²) in [4.78, 5) is 14.2. The van der Waals surface area contributed by atoms with Crippen LogP contribution in [0, 0.1) is 11.8 Å². The third kappa shape index (κ3) is 4.82. The molecule has 4 nitrogen and oxygen atoms in total. The van der Waals surface area contributed by atoms with Crippen molar-refractivity contribution in [1.29, 1.82) is 0 Å². The highest BCUT2D eigenvalue weighted by Gasteiger charge is 2.30. The lowest BCUT2D eigenvalue weighted by molar-refractivity contribution is 0.0424. The van der Waals surface area contributed by atoms with Gasteiger partial charge in [0.05, 0.1) is 6.61 Å². The van der Waals surface area contributed by atoms with E-state index < -0.39 is 0 Å². The van der Waals surface area contributed by atoms with E-state index in [0.29, 0.717) is 18.4 Å². The van der Waals surface area contributed by atoms with Crippen molar-refractivity contribution in [1.82, 2.24) is 4.90 Å². The Bertz CT molecular complexity index is 464. The van der Waals surface area contributed by atoms with Gasteiger partial charge in [-0.1, -0.05) is 26.0 Å². The maximum Gasteiger partial charge on any atom is 0.253 e. The molecule has 1 fully saturated rings. The first-order chi connectivity index (χ1) is 10.6. The molecule has 22 heavy (non-hydrogen) atoms. The van der Waals surface area contributed by atoms with Crippen LogP contribution in [0.25, 0.3) is 0 Å². The number of benzene rings is 1. The minimum absolute atomic E-state index is 0.128. The fourth-order valence-corrected chi connectivity index (χ4v) is 2.54. The number of nitrogens with zero attached hydrogens (tertiary/aromatic N) is 1. The molecule has 1 aliphatic heterocycles. The van der Waals surface area contributed by atoms with E-state index in [0.717, 1.165) is 43.9 Å². The van der Waals surface area contributed by atoms with Gasteiger partial charge in [-0.05, 0) is 36.0 Å². The molecule has 1 aromatic rings. The van der Waals surface area contributed by atoms with Crippen LogP contribution in [0.2, 0.25) is 0 Å². The minimum atomic E-state index is 0.128. The van der Waals surface area contributed by atoms with Crippen molar-refractivity contribution in [2.45, 2.75) is 26.9 Å². The van der Waals surface area contributed by atoms with Crippen LogP contribution in [0.15, 0.2) is 24.3 Å². The predicted octanol–water partition coefficient (Wildman–Crippen LogP) is 2.97. The molecule has 4 heteroatoms. The van der Waals surface area contributed by atoms with Crippen molar-refractivity contribution in [2.75, 3.05) is 33.4 Å². The van der Waals surface area contributed by atoms with Gasteiger partial charge in [-0.3, -0.25) is 4.79 Å². The normalized spacial score (nSPS) is 15.2. The molecule has 1 aliphatic rings. The monoisotopic (exact) mass is 305 g/mol. The van der Waals surface area contributed by atoms with E-state index in [1.807, 2.05) is 29.2 Å². The highest BCUT2D eigenvalue weighted by molar-refractivity contribution is 5.94. The number of hydrogen-bond acceptors (Lipinski definition) is 3. The summed E-state index contributed by atoms with van der Waals surface area (Å²) < 4.78 is 10.7. The summed E-state index contributed by atoms with van der Waals surface area (Å²) in [6.45, 7) is 8.11. The van der Waals surface area contributed by atoms with Gasteiger partial charge in [0, 0.05) is 39.0 Å². The Morgan fingerprint density at radius 1 is 1.27 bits per heavy atom. The van der Waals surface area contributed by atoms with Crippen LogP contribution in [0.4, 0.5) is 0 Å². The zero-order chi connectivity index (χ0) is 15.9. The number of ether oxygens (including phenoxy) is 2. The van der Waals surface area contributed by atoms with Gasteiger partial charge in [0.25, 0.3) is 5.91 Å². The number of carbonyl (C=O) groups is 1. The number of amides is 1. The van der Waals surface area contributed by atoms with E-state index in [1.165, 1.54) is 0 Å². The predicted molar refractivity (Wildman–Crippen MR) is 86.8 cm³/mol. The molecule has 2 rings (SSSR count). The lowest BCUT2D eigenvalue weighted by atomic mass is 9.95. The van der Waals surface area contributed by atoms with E-state index in [4.69, 9.17) is 9.47 Å². The molecular weight excluding hydrogens is 278 g/mol. The van der Waals surface area contributed by atoms with E-state index in [-0.39, 0.29) is 5.91 Å². The molecule has 0 aromatic heterocycles. The zero-order valence-corrected chi connectivity index (χ0v) is 13.9. The largest absolute Gasteiger partial charge is 0.385 e. The summed E-state index contributed by atoms with van der Waals surface area (Å²) in [7, 11) is 1.72. The van der Waals surface area contributed by atoms with Gasteiger partial charge >= 0.3 is 0 Å². The molecule has 1 heterocycles. The molecule has 0 N–H and O–H groups in total. The van der Waals surface area contributed by atoms with Gasteiger partial charge in [0.1, 0.15) is 0 Å². The third-order valence-corrected chi connectivity index (χ3v) is 3.90. The Kier molecular flexibility index (Phi) is 6.40. The molecule has 0 aliphatic carbocycles. The number of rotatable bonds is 8. The summed E-state index contributed by atoms with van der Waals surface area (Å²) in [5, 5.41) is 0. The SMILES string of the molecule is COCCC1CN(C(=O)c2ccc(COCC(C)C)cc2)C1. The Hall–Kier alpha value is -1.39. The van der Waals surface area contributed by atoms with Crippen molar-refractivity contribution in [3.05, 3.63) is 35.4 Å². The van der Waals surface area contributed by atoms with Gasteiger partial charge in [-0.2, -0.15) is 0 Å². The average molecular weight is 305 g/mol. The number of hydrogen-bond donors (Lipinski definition) is 0. The fraction of sp³-hybridized carbons (Fsp3) is 0.611. The Morgan fingerprint density at radius 2 is 1.95 bits per heavy atom. The zero-order valence-electron chi connectivity index (χ0n) is 13.9. The maximum atomic E-state index is 12.3. The standard InChI is InChI=1S/C18H27NO3/c1-14(2)12-22-13-15-4-6-17(7-5-15)18(20)19-10-16(11-19)8-9-21-3/h4-7,14,16H,8-13H2,1-3H3. The van der Waals surface area contributed by atoms with E-state index in [9.17, 15) is 4.79 Å². The lowest BCUT2D eigenvalue weighted by Crippen LogP contribution is -2.50. The second-order valence-electron chi connectivity index (χ2n) is 6.46. The summed E-state index contributed by atoms with van der Waals surface area (Å²) in [5.41, 5.74) is 1.87. The van der Waals surface area contributed by atoms with E-state index in [1.54, 1.807) is 7.11 Å². The molecule has 0 spiro atoms. The molecule has 1 amide bonds. The first kappa shape index (κ1) is 17.0. The molecule has 0 radical (unpaired) electrons. The van der Waals surface area contributed by atoms with Crippen molar-refractivity contribution in [3.63, 3.8) is 0 Å². The van der Waals surface area contributed by atoms with Gasteiger partial charge in [0.15, 0.2) is 0 Å². The molecular formula is C18H27NO3. The molecule has 0 saturated carbocycles. The second-order valence-corrected chi connectivity index (χ2v) is 6.46. The van der Waals surface area contributed by atoms with E-state index >= 15 is 0 Å². The number of likely N-dealkylation sites (tertiary alicyclic amines) is 1. The lowest BCUT2D eigenvalue weighted by Gasteiger charge is -2.39. The average Bonchev–Trinajstić information content (AvgIpc) is 2.46. The quantitative estimate of drug-likeness (QED) is 0.741. The van der Waals surface area contributed by atoms with Crippen LogP contribution < -0.4 is 0 Å². The second kappa shape index (κ2) is 8.30. The van der Waals surface area contributed by atoms with E-state index in [2.05, 4.69) is 13.8 Å². The Labute approximate surface area is 133 Å². The van der Waals surface area contributed by atoms with Crippen molar-refractivity contribution < 1.29 is 14.3 Å². The molecule has 122 valence electrons. The topological polar surface area (TPSA) is 38.8 Å². The number of carbonyl (C=O) groups excluding carboxylic acids is 1. The maximum absolute atomic E-state index is 12.3. The molecule has 1 aromatic carbocycles. The summed E-state index contributed by atoms with van der Waals surface area (Å²) in [6, 6.07) is 7.77. The summed E-state index contributed by atoms with van der Waals surface area (Å²) in [6.07, 6.45) is 1.03. The van der Waals surface area contributed by atoms with Gasteiger partial charge < -0.3 is 14.4 Å². The fourth-order valence-electron chi connectivity index (χ4n) is 2.54. The molecule has 0 bridgehead atoms. The highest BCUT2D eigenvalue weighted by atomic mass is 16.5. The Morgan fingerprint density at radius 3 is 2.55 bits per heavy atom. The summed E-state index contributed by atoms with van der Waals surface area (Å²) >= 11 is 0. The van der Waals surface area contributed by atoms with Crippen LogP contribution in [0.3, 0.4) is 0 Å².